The Morgan fingerprint density at radius 1 is 0.273 bits per heavy atom. The van der Waals surface area contributed by atoms with Gasteiger partial charge in [-0.2, -0.15) is 0 Å². The van der Waals surface area contributed by atoms with Gasteiger partial charge in [-0.05, 0) is 125 Å². The molecule has 0 aliphatic carbocycles. The molecule has 66 heavy (non-hydrogen) atoms. The van der Waals surface area contributed by atoms with Crippen molar-refractivity contribution >= 4 is 91.7 Å². The molecule has 0 aliphatic rings. The van der Waals surface area contributed by atoms with E-state index in [2.05, 4.69) is 254 Å². The maximum Gasteiger partial charge on any atom is 0.0546 e. The van der Waals surface area contributed by atoms with Crippen molar-refractivity contribution in [2.24, 2.45) is 0 Å². The molecule has 13 rings (SSSR count). The van der Waals surface area contributed by atoms with Crippen LogP contribution in [0.2, 0.25) is 0 Å². The topological polar surface area (TPSA) is 3.24 Å². The number of rotatable bonds is 7. The molecular weight excluding hydrogens is 815 g/mol. The fourth-order valence-electron chi connectivity index (χ4n) is 10.4. The summed E-state index contributed by atoms with van der Waals surface area (Å²) in [5.74, 6) is 0. The van der Waals surface area contributed by atoms with Crippen molar-refractivity contribution in [2.45, 2.75) is 0 Å². The SMILES string of the molecule is c1ccc(-c2c(-c3ccccc3)c3cc(-c4ccc(N(c5cccc(-c6cccc7c6sc6ccccc67)c5)c5cc6ccccc6c6ccccc56)cc4)ccc3c3ccccc23)cc1. The van der Waals surface area contributed by atoms with Gasteiger partial charge in [0.25, 0.3) is 0 Å². The minimum Gasteiger partial charge on any atom is -0.310 e. The Hall–Kier alpha value is -8.30. The van der Waals surface area contributed by atoms with E-state index in [0.29, 0.717) is 0 Å². The predicted molar refractivity (Wildman–Crippen MR) is 286 cm³/mol. The van der Waals surface area contributed by atoms with Crippen LogP contribution >= 0.6 is 11.3 Å². The lowest BCUT2D eigenvalue weighted by molar-refractivity contribution is 1.30. The number of nitrogens with zero attached hydrogens (tertiary/aromatic N) is 1. The third-order valence-corrected chi connectivity index (χ3v) is 14.6. The first-order valence-electron chi connectivity index (χ1n) is 22.7. The smallest absolute Gasteiger partial charge is 0.0546 e. The number of fused-ring (bicyclic) bond motifs is 9. The maximum atomic E-state index is 2.46. The van der Waals surface area contributed by atoms with Crippen molar-refractivity contribution in [1.82, 2.24) is 0 Å². The molecule has 0 saturated heterocycles. The lowest BCUT2D eigenvalue weighted by atomic mass is 9.84. The highest BCUT2D eigenvalue weighted by molar-refractivity contribution is 7.26. The molecule has 1 aromatic heterocycles. The van der Waals surface area contributed by atoms with E-state index in [0.717, 1.165) is 17.1 Å². The van der Waals surface area contributed by atoms with Crippen molar-refractivity contribution in [3.63, 3.8) is 0 Å². The Balaban J connectivity index is 0.997. The van der Waals surface area contributed by atoms with Crippen LogP contribution in [0.4, 0.5) is 17.1 Å². The van der Waals surface area contributed by atoms with Gasteiger partial charge < -0.3 is 4.90 Å². The Morgan fingerprint density at radius 3 is 1.58 bits per heavy atom. The monoisotopic (exact) mass is 855 g/mol. The largest absolute Gasteiger partial charge is 0.310 e. The molecule has 0 bridgehead atoms. The van der Waals surface area contributed by atoms with E-state index >= 15 is 0 Å². The van der Waals surface area contributed by atoms with Gasteiger partial charge in [-0.3, -0.25) is 0 Å². The first kappa shape index (κ1) is 38.2. The van der Waals surface area contributed by atoms with Crippen molar-refractivity contribution < 1.29 is 0 Å². The molecule has 1 nitrogen and oxygen atoms in total. The second kappa shape index (κ2) is 15.7. The fourth-order valence-corrected chi connectivity index (χ4v) is 11.7. The molecule has 0 radical (unpaired) electrons. The third kappa shape index (κ3) is 6.30. The fraction of sp³-hybridized carbons (Fsp3) is 0. The first-order chi connectivity index (χ1) is 32.7. The normalized spacial score (nSPS) is 11.6. The van der Waals surface area contributed by atoms with E-state index in [1.165, 1.54) is 108 Å². The molecule has 0 saturated carbocycles. The molecular formula is C64H41NS. The number of anilines is 3. The molecule has 0 unspecified atom stereocenters. The number of hydrogen-bond acceptors (Lipinski definition) is 2. The second-order valence-electron chi connectivity index (χ2n) is 17.2. The Bertz CT molecular complexity index is 3980. The average molecular weight is 856 g/mol. The summed E-state index contributed by atoms with van der Waals surface area (Å²) in [6.07, 6.45) is 0. The molecule has 12 aromatic carbocycles. The molecule has 0 spiro atoms. The van der Waals surface area contributed by atoms with Crippen LogP contribution in [0.15, 0.2) is 249 Å². The predicted octanol–water partition coefficient (Wildman–Crippen LogP) is 18.8. The van der Waals surface area contributed by atoms with Gasteiger partial charge in [0.15, 0.2) is 0 Å². The highest BCUT2D eigenvalue weighted by Gasteiger charge is 2.21. The zero-order chi connectivity index (χ0) is 43.6. The highest BCUT2D eigenvalue weighted by atomic mass is 32.1. The van der Waals surface area contributed by atoms with Gasteiger partial charge in [0.05, 0.1) is 5.69 Å². The Labute approximate surface area is 387 Å². The third-order valence-electron chi connectivity index (χ3n) is 13.4. The number of benzene rings is 12. The molecule has 13 aromatic rings. The molecule has 0 atom stereocenters. The molecule has 0 aliphatic heterocycles. The van der Waals surface area contributed by atoms with Gasteiger partial charge in [-0.1, -0.05) is 206 Å². The molecule has 0 N–H and O–H groups in total. The Kier molecular flexibility index (Phi) is 9.11. The summed E-state index contributed by atoms with van der Waals surface area (Å²) in [6.45, 7) is 0. The van der Waals surface area contributed by atoms with E-state index in [-0.39, 0.29) is 0 Å². The molecule has 0 fully saturated rings. The van der Waals surface area contributed by atoms with E-state index in [9.17, 15) is 0 Å². The van der Waals surface area contributed by atoms with Crippen molar-refractivity contribution in [2.75, 3.05) is 4.90 Å². The van der Waals surface area contributed by atoms with E-state index in [1.54, 1.807) is 0 Å². The lowest BCUT2D eigenvalue weighted by Crippen LogP contribution is -2.10. The maximum absolute atomic E-state index is 2.46. The van der Waals surface area contributed by atoms with Crippen molar-refractivity contribution in [1.29, 1.82) is 0 Å². The van der Waals surface area contributed by atoms with Crippen LogP contribution in [0.5, 0.6) is 0 Å². The summed E-state index contributed by atoms with van der Waals surface area (Å²) in [5.41, 5.74) is 13.1. The van der Waals surface area contributed by atoms with Crippen LogP contribution in [0, 0.1) is 0 Å². The van der Waals surface area contributed by atoms with Crippen LogP contribution in [-0.4, -0.2) is 0 Å². The molecule has 0 amide bonds. The van der Waals surface area contributed by atoms with Crippen molar-refractivity contribution in [3.8, 4) is 44.5 Å². The molecule has 2 heteroatoms. The first-order valence-corrected chi connectivity index (χ1v) is 23.5. The summed E-state index contributed by atoms with van der Waals surface area (Å²) in [6, 6.07) is 91.5. The number of hydrogen-bond donors (Lipinski definition) is 0. The summed E-state index contributed by atoms with van der Waals surface area (Å²) in [4.78, 5) is 2.46. The summed E-state index contributed by atoms with van der Waals surface area (Å²) in [5, 5.41) is 12.6. The summed E-state index contributed by atoms with van der Waals surface area (Å²) >= 11 is 1.88. The van der Waals surface area contributed by atoms with Gasteiger partial charge in [0.1, 0.15) is 0 Å². The van der Waals surface area contributed by atoms with E-state index in [1.807, 2.05) is 11.3 Å². The van der Waals surface area contributed by atoms with E-state index in [4.69, 9.17) is 0 Å². The molecule has 308 valence electrons. The van der Waals surface area contributed by atoms with Gasteiger partial charge in [-0.25, -0.2) is 0 Å². The van der Waals surface area contributed by atoms with Crippen LogP contribution in [0.1, 0.15) is 0 Å². The summed E-state index contributed by atoms with van der Waals surface area (Å²) < 4.78 is 2.63. The zero-order valence-corrected chi connectivity index (χ0v) is 36.8. The second-order valence-corrected chi connectivity index (χ2v) is 18.2. The van der Waals surface area contributed by atoms with Gasteiger partial charge in [-0.15, -0.1) is 11.3 Å². The molecule has 1 heterocycles. The van der Waals surface area contributed by atoms with E-state index < -0.39 is 0 Å². The average Bonchev–Trinajstić information content (AvgIpc) is 3.78. The summed E-state index contributed by atoms with van der Waals surface area (Å²) in [7, 11) is 0. The van der Waals surface area contributed by atoms with Gasteiger partial charge in [0.2, 0.25) is 0 Å². The van der Waals surface area contributed by atoms with Crippen LogP contribution in [0.3, 0.4) is 0 Å². The van der Waals surface area contributed by atoms with Crippen LogP contribution < -0.4 is 4.90 Å². The van der Waals surface area contributed by atoms with Gasteiger partial charge >= 0.3 is 0 Å². The van der Waals surface area contributed by atoms with Crippen molar-refractivity contribution in [3.05, 3.63) is 249 Å². The Morgan fingerprint density at radius 2 is 0.818 bits per heavy atom. The minimum absolute atomic E-state index is 1.10. The lowest BCUT2D eigenvalue weighted by Gasteiger charge is -2.28. The zero-order valence-electron chi connectivity index (χ0n) is 36.0. The quantitative estimate of drug-likeness (QED) is 0.144. The van der Waals surface area contributed by atoms with Gasteiger partial charge in [0, 0.05) is 36.9 Å². The van der Waals surface area contributed by atoms with Crippen LogP contribution in [-0.2, 0) is 0 Å². The minimum atomic E-state index is 1.10. The van der Waals surface area contributed by atoms with Crippen LogP contribution in [0.25, 0.3) is 108 Å². The highest BCUT2D eigenvalue weighted by Crippen LogP contribution is 2.48. The number of thiophene rings is 1. The standard InChI is InChI=1S/C64H41NS/c1-3-17-43(18-4-1)62-57-29-12-10-26-53(57)54-38-35-45(40-59(54)63(62)44-19-5-2-6-20-44)42-33-36-48(37-34-42)65(60-41-47-21-7-8-24-50(47)52-25-9-11-27-55(52)60)49-23-15-22-46(39-49)51-30-16-31-58-56-28-13-14-32-61(56)66-64(51)58/h1-41H.